The molecule has 1 aromatic carbocycles. The minimum absolute atomic E-state index is 0.194. The SMILES string of the molecule is COCc1cc(CN(C)[C@@H]2CCCC[C@@H]2O)ccc1OC. The second-order valence-corrected chi connectivity index (χ2v) is 5.91. The molecule has 2 rings (SSSR count). The Labute approximate surface area is 127 Å². The van der Waals surface area contributed by atoms with E-state index in [4.69, 9.17) is 9.47 Å². The number of likely N-dealkylation sites (N-methyl/N-ethyl adjacent to an activating group) is 1. The molecule has 1 N–H and O–H groups in total. The van der Waals surface area contributed by atoms with Crippen molar-refractivity contribution in [1.29, 1.82) is 0 Å². The van der Waals surface area contributed by atoms with Gasteiger partial charge in [0.15, 0.2) is 0 Å². The summed E-state index contributed by atoms with van der Waals surface area (Å²) in [5, 5.41) is 10.2. The predicted octanol–water partition coefficient (Wildman–Crippen LogP) is 2.58. The summed E-state index contributed by atoms with van der Waals surface area (Å²) >= 11 is 0. The molecular weight excluding hydrogens is 266 g/mol. The van der Waals surface area contributed by atoms with Gasteiger partial charge in [-0.2, -0.15) is 0 Å². The van der Waals surface area contributed by atoms with Gasteiger partial charge in [-0.15, -0.1) is 0 Å². The van der Waals surface area contributed by atoms with E-state index in [1.807, 2.05) is 6.07 Å². The Hall–Kier alpha value is -1.10. The molecule has 1 aromatic rings. The van der Waals surface area contributed by atoms with Crippen LogP contribution in [0.4, 0.5) is 0 Å². The van der Waals surface area contributed by atoms with Crippen molar-refractivity contribution in [3.63, 3.8) is 0 Å². The Balaban J connectivity index is 2.06. The molecule has 21 heavy (non-hydrogen) atoms. The highest BCUT2D eigenvalue weighted by Gasteiger charge is 2.26. The van der Waals surface area contributed by atoms with Crippen LogP contribution in [0.25, 0.3) is 0 Å². The van der Waals surface area contributed by atoms with E-state index in [-0.39, 0.29) is 12.1 Å². The summed E-state index contributed by atoms with van der Waals surface area (Å²) in [4.78, 5) is 2.27. The molecule has 0 unspecified atom stereocenters. The second-order valence-electron chi connectivity index (χ2n) is 5.91. The van der Waals surface area contributed by atoms with Crippen molar-refractivity contribution >= 4 is 0 Å². The van der Waals surface area contributed by atoms with Gasteiger partial charge in [0.05, 0.1) is 19.8 Å². The Kier molecular flexibility index (Phi) is 6.03. The number of hydrogen-bond acceptors (Lipinski definition) is 4. The molecule has 0 aliphatic heterocycles. The maximum atomic E-state index is 10.2. The van der Waals surface area contributed by atoms with E-state index >= 15 is 0 Å². The molecule has 118 valence electrons. The first-order chi connectivity index (χ1) is 10.2. The molecule has 1 fully saturated rings. The number of benzene rings is 1. The third-order valence-electron chi connectivity index (χ3n) is 4.34. The van der Waals surface area contributed by atoms with Gasteiger partial charge in [0, 0.05) is 25.3 Å². The largest absolute Gasteiger partial charge is 0.496 e. The molecule has 1 saturated carbocycles. The monoisotopic (exact) mass is 293 g/mol. The van der Waals surface area contributed by atoms with Gasteiger partial charge in [-0.1, -0.05) is 18.9 Å². The van der Waals surface area contributed by atoms with Gasteiger partial charge < -0.3 is 14.6 Å². The van der Waals surface area contributed by atoms with Gasteiger partial charge in [-0.3, -0.25) is 4.90 Å². The molecule has 1 aliphatic rings. The standard InChI is InChI=1S/C17H27NO3/c1-18(15-6-4-5-7-16(15)19)11-13-8-9-17(21-3)14(10-13)12-20-2/h8-10,15-16,19H,4-7,11-12H2,1-3H3/t15-,16+/m1/s1. The Morgan fingerprint density at radius 1 is 1.24 bits per heavy atom. The Morgan fingerprint density at radius 2 is 2.00 bits per heavy atom. The van der Waals surface area contributed by atoms with Crippen molar-refractivity contribution in [3.8, 4) is 5.75 Å². The van der Waals surface area contributed by atoms with Crippen LogP contribution in [0.3, 0.4) is 0 Å². The van der Waals surface area contributed by atoms with Crippen LogP contribution in [0, 0.1) is 0 Å². The molecule has 4 nitrogen and oxygen atoms in total. The molecule has 0 bridgehead atoms. The average molecular weight is 293 g/mol. The number of aliphatic hydroxyl groups is 1. The topological polar surface area (TPSA) is 41.9 Å². The average Bonchev–Trinajstić information content (AvgIpc) is 2.48. The molecule has 1 aliphatic carbocycles. The zero-order chi connectivity index (χ0) is 15.2. The lowest BCUT2D eigenvalue weighted by Crippen LogP contribution is -2.42. The maximum absolute atomic E-state index is 10.2. The number of hydrogen-bond donors (Lipinski definition) is 1. The molecule has 0 heterocycles. The highest BCUT2D eigenvalue weighted by atomic mass is 16.5. The van der Waals surface area contributed by atoms with Crippen LogP contribution >= 0.6 is 0 Å². The number of aliphatic hydroxyl groups excluding tert-OH is 1. The number of rotatable bonds is 6. The zero-order valence-electron chi connectivity index (χ0n) is 13.3. The van der Waals surface area contributed by atoms with Crippen LogP contribution in [0.1, 0.15) is 36.8 Å². The van der Waals surface area contributed by atoms with E-state index in [0.29, 0.717) is 6.61 Å². The highest BCUT2D eigenvalue weighted by Crippen LogP contribution is 2.25. The van der Waals surface area contributed by atoms with Gasteiger partial charge >= 0.3 is 0 Å². The highest BCUT2D eigenvalue weighted by molar-refractivity contribution is 5.37. The molecule has 2 atom stereocenters. The summed E-state index contributed by atoms with van der Waals surface area (Å²) in [5.74, 6) is 0.862. The molecular formula is C17H27NO3. The minimum Gasteiger partial charge on any atom is -0.496 e. The van der Waals surface area contributed by atoms with Crippen LogP contribution in [0.2, 0.25) is 0 Å². The van der Waals surface area contributed by atoms with E-state index < -0.39 is 0 Å². The number of nitrogens with zero attached hydrogens (tertiary/aromatic N) is 1. The first-order valence-electron chi connectivity index (χ1n) is 7.68. The van der Waals surface area contributed by atoms with Gasteiger partial charge in [0.25, 0.3) is 0 Å². The van der Waals surface area contributed by atoms with Crippen LogP contribution in [-0.2, 0) is 17.9 Å². The van der Waals surface area contributed by atoms with Crippen molar-refractivity contribution in [2.75, 3.05) is 21.3 Å². The Bertz CT molecular complexity index is 450. The third-order valence-corrected chi connectivity index (χ3v) is 4.34. The fourth-order valence-corrected chi connectivity index (χ4v) is 3.21. The van der Waals surface area contributed by atoms with E-state index in [0.717, 1.165) is 37.1 Å². The summed E-state index contributed by atoms with van der Waals surface area (Å²) in [6.45, 7) is 1.38. The van der Waals surface area contributed by atoms with Crippen molar-refractivity contribution in [3.05, 3.63) is 29.3 Å². The van der Waals surface area contributed by atoms with Crippen molar-refractivity contribution in [1.82, 2.24) is 4.90 Å². The molecule has 0 radical (unpaired) electrons. The summed E-state index contributed by atoms with van der Waals surface area (Å²) in [5.41, 5.74) is 2.29. The second kappa shape index (κ2) is 7.78. The lowest BCUT2D eigenvalue weighted by atomic mass is 9.91. The molecule has 4 heteroatoms. The predicted molar refractivity (Wildman–Crippen MR) is 83.4 cm³/mol. The summed E-state index contributed by atoms with van der Waals surface area (Å²) in [7, 11) is 5.47. The van der Waals surface area contributed by atoms with Gasteiger partial charge in [-0.05, 0) is 37.6 Å². The number of ether oxygens (including phenoxy) is 2. The van der Waals surface area contributed by atoms with Crippen LogP contribution in [0.15, 0.2) is 18.2 Å². The normalized spacial score (nSPS) is 22.5. The fourth-order valence-electron chi connectivity index (χ4n) is 3.21. The first kappa shape index (κ1) is 16.3. The zero-order valence-corrected chi connectivity index (χ0v) is 13.3. The summed E-state index contributed by atoms with van der Waals surface area (Å²) in [6.07, 6.45) is 4.17. The van der Waals surface area contributed by atoms with E-state index in [1.165, 1.54) is 12.0 Å². The lowest BCUT2D eigenvalue weighted by molar-refractivity contribution is 0.0288. The van der Waals surface area contributed by atoms with E-state index in [9.17, 15) is 5.11 Å². The lowest BCUT2D eigenvalue weighted by Gasteiger charge is -2.35. The van der Waals surface area contributed by atoms with Gasteiger partial charge in [0.1, 0.15) is 5.75 Å². The smallest absolute Gasteiger partial charge is 0.124 e. The van der Waals surface area contributed by atoms with Crippen molar-refractivity contribution in [2.24, 2.45) is 0 Å². The van der Waals surface area contributed by atoms with E-state index in [2.05, 4.69) is 24.1 Å². The number of methoxy groups -OCH3 is 2. The van der Waals surface area contributed by atoms with Gasteiger partial charge in [0.2, 0.25) is 0 Å². The van der Waals surface area contributed by atoms with Crippen molar-refractivity contribution < 1.29 is 14.6 Å². The molecule has 0 spiro atoms. The quantitative estimate of drug-likeness (QED) is 0.875. The van der Waals surface area contributed by atoms with Crippen LogP contribution in [-0.4, -0.2) is 43.4 Å². The van der Waals surface area contributed by atoms with Crippen molar-refractivity contribution in [2.45, 2.75) is 51.0 Å². The first-order valence-corrected chi connectivity index (χ1v) is 7.68. The van der Waals surface area contributed by atoms with Crippen LogP contribution < -0.4 is 4.74 Å². The van der Waals surface area contributed by atoms with E-state index in [1.54, 1.807) is 14.2 Å². The third kappa shape index (κ3) is 4.19. The molecule has 0 aromatic heterocycles. The fraction of sp³-hybridized carbons (Fsp3) is 0.647. The Morgan fingerprint density at radius 3 is 2.67 bits per heavy atom. The summed E-state index contributed by atoms with van der Waals surface area (Å²) < 4.78 is 10.6. The minimum atomic E-state index is -0.194. The molecule has 0 saturated heterocycles. The summed E-state index contributed by atoms with van der Waals surface area (Å²) in [6, 6.07) is 6.48. The van der Waals surface area contributed by atoms with Gasteiger partial charge in [-0.25, -0.2) is 0 Å². The molecule has 0 amide bonds. The maximum Gasteiger partial charge on any atom is 0.124 e. The van der Waals surface area contributed by atoms with Crippen LogP contribution in [0.5, 0.6) is 5.75 Å².